The molecular formula is C21H29N5O4. The van der Waals surface area contributed by atoms with Crippen molar-refractivity contribution in [2.45, 2.75) is 45.4 Å². The third-order valence-electron chi connectivity index (χ3n) is 5.32. The molecule has 0 spiro atoms. The first-order valence-electron chi connectivity index (χ1n) is 9.92. The van der Waals surface area contributed by atoms with Crippen molar-refractivity contribution in [2.75, 3.05) is 20.7 Å². The maximum absolute atomic E-state index is 13.6. The molecule has 2 amide bonds. The fourth-order valence-corrected chi connectivity index (χ4v) is 3.89. The SMILES string of the molecule is CNC(=O)C1CC(O)CN1C(=O)[C@@H](n1cc(-c2ccccc2OC)nn1)C(C)(C)C. The van der Waals surface area contributed by atoms with E-state index in [-0.39, 0.29) is 24.8 Å². The number of likely N-dealkylation sites (tertiary alicyclic amines) is 1. The van der Waals surface area contributed by atoms with E-state index in [1.54, 1.807) is 13.3 Å². The summed E-state index contributed by atoms with van der Waals surface area (Å²) in [7, 11) is 3.11. The summed E-state index contributed by atoms with van der Waals surface area (Å²) in [5.74, 6) is 0.0931. The van der Waals surface area contributed by atoms with Crippen LogP contribution >= 0.6 is 0 Å². The minimum absolute atomic E-state index is 0.109. The van der Waals surface area contributed by atoms with Crippen LogP contribution in [0.4, 0.5) is 0 Å². The number of β-amino-alcohol motifs (C(OH)–C–C–N with tert-alkyl or cyclic N) is 1. The van der Waals surface area contributed by atoms with Crippen LogP contribution in [0.1, 0.15) is 33.2 Å². The summed E-state index contributed by atoms with van der Waals surface area (Å²) in [6, 6.07) is 6.04. The molecule has 2 N–H and O–H groups in total. The molecule has 0 saturated carbocycles. The normalized spacial score (nSPS) is 20.1. The molecule has 1 saturated heterocycles. The number of aliphatic hydroxyl groups excluding tert-OH is 1. The topological polar surface area (TPSA) is 110 Å². The molecule has 3 rings (SSSR count). The predicted molar refractivity (Wildman–Crippen MR) is 111 cm³/mol. The number of para-hydroxylation sites is 1. The smallest absolute Gasteiger partial charge is 0.248 e. The second-order valence-electron chi connectivity index (χ2n) is 8.56. The Labute approximate surface area is 176 Å². The molecule has 2 aromatic rings. The maximum Gasteiger partial charge on any atom is 0.248 e. The van der Waals surface area contributed by atoms with Crippen LogP contribution in [0.25, 0.3) is 11.3 Å². The van der Waals surface area contributed by atoms with E-state index in [1.807, 2.05) is 45.0 Å². The highest BCUT2D eigenvalue weighted by atomic mass is 16.5. The quantitative estimate of drug-likeness (QED) is 0.761. The Balaban J connectivity index is 1.97. The van der Waals surface area contributed by atoms with Gasteiger partial charge in [-0.05, 0) is 17.5 Å². The van der Waals surface area contributed by atoms with Crippen LogP contribution in [0, 0.1) is 5.41 Å². The third-order valence-corrected chi connectivity index (χ3v) is 5.32. The Kier molecular flexibility index (Phi) is 6.12. The van der Waals surface area contributed by atoms with Gasteiger partial charge in [0.1, 0.15) is 23.5 Å². The summed E-state index contributed by atoms with van der Waals surface area (Å²) < 4.78 is 6.94. The van der Waals surface area contributed by atoms with Crippen molar-refractivity contribution in [1.29, 1.82) is 0 Å². The van der Waals surface area contributed by atoms with E-state index in [1.165, 1.54) is 16.6 Å². The van der Waals surface area contributed by atoms with Gasteiger partial charge in [-0.25, -0.2) is 4.68 Å². The lowest BCUT2D eigenvalue weighted by molar-refractivity contribution is -0.144. The van der Waals surface area contributed by atoms with Gasteiger partial charge in [-0.3, -0.25) is 9.59 Å². The highest BCUT2D eigenvalue weighted by Crippen LogP contribution is 2.35. The number of hydrogen-bond acceptors (Lipinski definition) is 6. The number of benzene rings is 1. The molecule has 0 aliphatic carbocycles. The Morgan fingerprint density at radius 1 is 1.30 bits per heavy atom. The van der Waals surface area contributed by atoms with Gasteiger partial charge in [-0.2, -0.15) is 0 Å². The summed E-state index contributed by atoms with van der Waals surface area (Å²) in [6.07, 6.45) is 1.19. The summed E-state index contributed by atoms with van der Waals surface area (Å²) >= 11 is 0. The second-order valence-corrected chi connectivity index (χ2v) is 8.56. The van der Waals surface area contributed by atoms with Crippen molar-refractivity contribution < 1.29 is 19.4 Å². The van der Waals surface area contributed by atoms with Gasteiger partial charge >= 0.3 is 0 Å². The minimum Gasteiger partial charge on any atom is -0.496 e. The maximum atomic E-state index is 13.6. The average Bonchev–Trinajstić information content (AvgIpc) is 3.33. The van der Waals surface area contributed by atoms with Crippen LogP contribution in [-0.2, 0) is 9.59 Å². The average molecular weight is 415 g/mol. The Morgan fingerprint density at radius 2 is 2.00 bits per heavy atom. The number of nitrogens with zero attached hydrogens (tertiary/aromatic N) is 4. The number of aromatic nitrogens is 3. The van der Waals surface area contributed by atoms with E-state index >= 15 is 0 Å². The summed E-state index contributed by atoms with van der Waals surface area (Å²) in [5.41, 5.74) is 0.842. The molecule has 0 bridgehead atoms. The molecule has 9 heteroatoms. The van der Waals surface area contributed by atoms with Gasteiger partial charge in [0, 0.05) is 25.6 Å². The van der Waals surface area contributed by atoms with Crippen LogP contribution in [0.5, 0.6) is 5.75 Å². The lowest BCUT2D eigenvalue weighted by atomic mass is 9.85. The number of aliphatic hydroxyl groups is 1. The van der Waals surface area contributed by atoms with Gasteiger partial charge in [0.15, 0.2) is 0 Å². The molecule has 9 nitrogen and oxygen atoms in total. The zero-order chi connectivity index (χ0) is 22.1. The number of methoxy groups -OCH3 is 1. The van der Waals surface area contributed by atoms with Crippen molar-refractivity contribution in [1.82, 2.24) is 25.2 Å². The first kappa shape index (κ1) is 21.8. The molecule has 1 aromatic carbocycles. The Hall–Kier alpha value is -2.94. The Morgan fingerprint density at radius 3 is 2.63 bits per heavy atom. The van der Waals surface area contributed by atoms with Crippen molar-refractivity contribution >= 4 is 11.8 Å². The lowest BCUT2D eigenvalue weighted by Gasteiger charge is -2.34. The molecule has 162 valence electrons. The van der Waals surface area contributed by atoms with Crippen LogP contribution in [0.15, 0.2) is 30.5 Å². The van der Waals surface area contributed by atoms with Crippen LogP contribution < -0.4 is 10.1 Å². The van der Waals surface area contributed by atoms with E-state index in [4.69, 9.17) is 4.74 Å². The van der Waals surface area contributed by atoms with Gasteiger partial charge < -0.3 is 20.1 Å². The Bertz CT molecular complexity index is 920. The zero-order valence-electron chi connectivity index (χ0n) is 18.0. The number of likely N-dealkylation sites (N-methyl/N-ethyl adjacent to an activating group) is 1. The van der Waals surface area contributed by atoms with Crippen molar-refractivity contribution in [3.05, 3.63) is 30.5 Å². The van der Waals surface area contributed by atoms with Gasteiger partial charge in [-0.15, -0.1) is 5.10 Å². The fraction of sp³-hybridized carbons (Fsp3) is 0.524. The fourth-order valence-electron chi connectivity index (χ4n) is 3.89. The first-order valence-corrected chi connectivity index (χ1v) is 9.92. The van der Waals surface area contributed by atoms with E-state index in [2.05, 4.69) is 15.6 Å². The van der Waals surface area contributed by atoms with Crippen molar-refractivity contribution in [3.8, 4) is 17.0 Å². The molecule has 30 heavy (non-hydrogen) atoms. The number of carbonyl (C=O) groups excluding carboxylic acids is 2. The largest absolute Gasteiger partial charge is 0.496 e. The third kappa shape index (κ3) is 4.16. The first-order chi connectivity index (χ1) is 14.2. The molecule has 1 aliphatic rings. The van der Waals surface area contributed by atoms with Crippen molar-refractivity contribution in [3.63, 3.8) is 0 Å². The van der Waals surface area contributed by atoms with E-state index < -0.39 is 23.6 Å². The monoisotopic (exact) mass is 415 g/mol. The molecule has 2 unspecified atom stereocenters. The number of rotatable bonds is 5. The molecule has 2 heterocycles. The van der Waals surface area contributed by atoms with E-state index in [9.17, 15) is 14.7 Å². The number of carbonyl (C=O) groups is 2. The van der Waals surface area contributed by atoms with Gasteiger partial charge in [-0.1, -0.05) is 38.1 Å². The van der Waals surface area contributed by atoms with Gasteiger partial charge in [0.05, 0.1) is 19.4 Å². The summed E-state index contributed by atoms with van der Waals surface area (Å²) in [5, 5.41) is 21.2. The van der Waals surface area contributed by atoms with Gasteiger partial charge in [0.2, 0.25) is 11.8 Å². The summed E-state index contributed by atoms with van der Waals surface area (Å²) in [6.45, 7) is 5.90. The molecule has 1 aliphatic heterocycles. The number of hydrogen-bond donors (Lipinski definition) is 2. The van der Waals surface area contributed by atoms with E-state index in [0.29, 0.717) is 11.4 Å². The minimum atomic E-state index is -0.739. The van der Waals surface area contributed by atoms with Crippen LogP contribution in [0.3, 0.4) is 0 Å². The molecule has 1 aromatic heterocycles. The number of ether oxygens (including phenoxy) is 1. The predicted octanol–water partition coefficient (Wildman–Crippen LogP) is 1.25. The molecular weight excluding hydrogens is 386 g/mol. The highest BCUT2D eigenvalue weighted by molar-refractivity contribution is 5.90. The second kappa shape index (κ2) is 8.43. The molecule has 3 atom stereocenters. The lowest BCUT2D eigenvalue weighted by Crippen LogP contribution is -2.49. The standard InChI is InChI=1S/C21H29N5O4/c1-21(2,3)18(20(29)25-11-13(27)10-16(25)19(28)22-4)26-12-15(23-24-26)14-8-6-7-9-17(14)30-5/h6-9,12-13,16,18,27H,10-11H2,1-5H3,(H,22,28)/t13?,16?,18-/m1/s1. The van der Waals surface area contributed by atoms with Gasteiger partial charge in [0.25, 0.3) is 0 Å². The summed E-state index contributed by atoms with van der Waals surface area (Å²) in [4.78, 5) is 27.3. The zero-order valence-corrected chi connectivity index (χ0v) is 18.0. The molecule has 0 radical (unpaired) electrons. The van der Waals surface area contributed by atoms with Crippen LogP contribution in [-0.4, -0.2) is 69.7 Å². The highest BCUT2D eigenvalue weighted by Gasteiger charge is 2.45. The van der Waals surface area contributed by atoms with Crippen LogP contribution in [0.2, 0.25) is 0 Å². The van der Waals surface area contributed by atoms with E-state index in [0.717, 1.165) is 5.56 Å². The number of amides is 2. The van der Waals surface area contributed by atoms with Crippen molar-refractivity contribution in [2.24, 2.45) is 5.41 Å². The number of nitrogens with one attached hydrogen (secondary N) is 1. The molecule has 1 fully saturated rings.